The van der Waals surface area contributed by atoms with Gasteiger partial charge in [0.2, 0.25) is 5.91 Å². The van der Waals surface area contributed by atoms with Crippen LogP contribution in [0.25, 0.3) is 0 Å². The summed E-state index contributed by atoms with van der Waals surface area (Å²) in [5.41, 5.74) is 2.02. The largest absolute Gasteiger partial charge is 0.384 e. The topological polar surface area (TPSA) is 94.6 Å². The van der Waals surface area contributed by atoms with Crippen LogP contribution in [0.1, 0.15) is 11.5 Å². The molecule has 11 heteroatoms. The summed E-state index contributed by atoms with van der Waals surface area (Å²) in [4.78, 5) is 21.1. The Balaban J connectivity index is 1.22. The summed E-state index contributed by atoms with van der Waals surface area (Å²) in [7, 11) is -3.70. The van der Waals surface area contributed by atoms with E-state index >= 15 is 0 Å². The number of rotatable bonds is 5. The molecule has 1 fully saturated rings. The summed E-state index contributed by atoms with van der Waals surface area (Å²) in [5.74, 6) is -0.933. The number of aromatic nitrogens is 1. The lowest BCUT2D eigenvalue weighted by atomic mass is 9.98. The normalized spacial score (nSPS) is 18.0. The molecule has 172 valence electrons. The molecule has 0 bridgehead atoms. The van der Waals surface area contributed by atoms with Crippen LogP contribution in [0.2, 0.25) is 0 Å². The summed E-state index contributed by atoms with van der Waals surface area (Å²) in [6.45, 7) is 2.66. The zero-order valence-corrected chi connectivity index (χ0v) is 19.2. The van der Waals surface area contributed by atoms with Crippen molar-refractivity contribution in [3.8, 4) is 0 Å². The van der Waals surface area contributed by atoms with E-state index < -0.39 is 15.9 Å². The van der Waals surface area contributed by atoms with Gasteiger partial charge in [0.1, 0.15) is 5.82 Å². The summed E-state index contributed by atoms with van der Waals surface area (Å²) in [6.07, 6.45) is 1.54. The molecule has 5 rings (SSSR count). The first-order valence-corrected chi connectivity index (χ1v) is 12.9. The Morgan fingerprint density at radius 1 is 1.12 bits per heavy atom. The van der Waals surface area contributed by atoms with E-state index in [4.69, 9.17) is 0 Å². The highest BCUT2D eigenvalue weighted by atomic mass is 32.2. The lowest BCUT2D eigenvalue weighted by Gasteiger charge is -2.37. The Morgan fingerprint density at radius 2 is 1.88 bits per heavy atom. The zero-order valence-electron chi connectivity index (χ0n) is 17.6. The molecule has 2 aliphatic heterocycles. The molecule has 1 unspecified atom stereocenters. The highest BCUT2D eigenvalue weighted by Gasteiger charge is 2.35. The number of carbonyl (C=O) groups excluding carboxylic acids is 1. The zero-order chi connectivity index (χ0) is 23.0. The number of hydrogen-bond donors (Lipinski definition) is 2. The molecule has 33 heavy (non-hydrogen) atoms. The summed E-state index contributed by atoms with van der Waals surface area (Å²) in [5, 5.41) is 5.14. The molecule has 2 aromatic carbocycles. The van der Waals surface area contributed by atoms with Crippen LogP contribution in [0, 0.1) is 5.82 Å². The lowest BCUT2D eigenvalue weighted by molar-refractivity contribution is -0.132. The Hall–Kier alpha value is -3.18. The molecule has 0 spiro atoms. The fourth-order valence-electron chi connectivity index (χ4n) is 4.26. The average Bonchev–Trinajstić information content (AvgIpc) is 3.49. The molecule has 1 saturated heterocycles. The van der Waals surface area contributed by atoms with Crippen LogP contribution in [-0.4, -0.2) is 56.9 Å². The number of nitrogens with one attached hydrogen (secondary N) is 2. The molecule has 0 aliphatic carbocycles. The molecule has 1 amide bonds. The van der Waals surface area contributed by atoms with Crippen molar-refractivity contribution in [3.63, 3.8) is 0 Å². The smallest absolute Gasteiger partial charge is 0.263 e. The number of piperazine rings is 1. The van der Waals surface area contributed by atoms with Crippen molar-refractivity contribution < 1.29 is 17.6 Å². The SMILES string of the molecule is O=C(C1CNc2cccc(F)c21)N1CCN(c2ccc(S(=O)(=O)Nc3nccs3)cc2)CC1. The predicted molar refractivity (Wildman–Crippen MR) is 126 cm³/mol. The molecule has 0 saturated carbocycles. The molecule has 2 N–H and O–H groups in total. The Labute approximate surface area is 195 Å². The highest BCUT2D eigenvalue weighted by molar-refractivity contribution is 7.93. The second-order valence-electron chi connectivity index (χ2n) is 7.88. The van der Waals surface area contributed by atoms with Crippen LogP contribution in [0.5, 0.6) is 0 Å². The van der Waals surface area contributed by atoms with Crippen molar-refractivity contribution in [1.82, 2.24) is 9.88 Å². The van der Waals surface area contributed by atoms with E-state index in [1.54, 1.807) is 46.7 Å². The van der Waals surface area contributed by atoms with E-state index in [2.05, 4.69) is 19.9 Å². The molecule has 1 aromatic heterocycles. The van der Waals surface area contributed by atoms with Crippen molar-refractivity contribution in [2.75, 3.05) is 47.7 Å². The van der Waals surface area contributed by atoms with Gasteiger partial charge in [-0.25, -0.2) is 17.8 Å². The van der Waals surface area contributed by atoms with E-state index in [9.17, 15) is 17.6 Å². The van der Waals surface area contributed by atoms with Gasteiger partial charge in [0.05, 0.1) is 10.8 Å². The Kier molecular flexibility index (Phi) is 5.67. The number of anilines is 3. The number of sulfonamides is 1. The van der Waals surface area contributed by atoms with Crippen LogP contribution >= 0.6 is 11.3 Å². The molecule has 3 aromatic rings. The predicted octanol–water partition coefficient (Wildman–Crippen LogP) is 2.94. The van der Waals surface area contributed by atoms with Crippen molar-refractivity contribution in [3.05, 3.63) is 65.4 Å². The maximum absolute atomic E-state index is 14.3. The van der Waals surface area contributed by atoms with E-state index in [-0.39, 0.29) is 16.6 Å². The maximum Gasteiger partial charge on any atom is 0.263 e. The monoisotopic (exact) mass is 487 g/mol. The van der Waals surface area contributed by atoms with E-state index in [1.807, 2.05) is 0 Å². The summed E-state index contributed by atoms with van der Waals surface area (Å²) in [6, 6.07) is 11.5. The minimum atomic E-state index is -3.70. The minimum absolute atomic E-state index is 0.0688. The van der Waals surface area contributed by atoms with Crippen LogP contribution < -0.4 is 14.9 Å². The molecular formula is C22H22FN5O3S2. The first kappa shape index (κ1) is 21.7. The molecule has 2 aliphatic rings. The number of amides is 1. The van der Waals surface area contributed by atoms with Gasteiger partial charge in [0, 0.05) is 61.2 Å². The van der Waals surface area contributed by atoms with Gasteiger partial charge >= 0.3 is 0 Å². The summed E-state index contributed by atoms with van der Waals surface area (Å²) < 4.78 is 41.8. The fraction of sp³-hybridized carbons (Fsp3) is 0.273. The lowest BCUT2D eigenvalue weighted by Crippen LogP contribution is -2.50. The number of fused-ring (bicyclic) bond motifs is 1. The van der Waals surface area contributed by atoms with Crippen molar-refractivity contribution in [1.29, 1.82) is 0 Å². The number of halogens is 1. The number of benzene rings is 2. The van der Waals surface area contributed by atoms with Gasteiger partial charge in [0.25, 0.3) is 10.0 Å². The number of carbonyl (C=O) groups is 1. The Morgan fingerprint density at radius 3 is 2.58 bits per heavy atom. The second-order valence-corrected chi connectivity index (χ2v) is 10.5. The summed E-state index contributed by atoms with van der Waals surface area (Å²) >= 11 is 1.21. The van der Waals surface area contributed by atoms with Crippen molar-refractivity contribution in [2.45, 2.75) is 10.8 Å². The number of nitrogens with zero attached hydrogens (tertiary/aromatic N) is 3. The molecule has 1 atom stereocenters. The van der Waals surface area contributed by atoms with E-state index in [0.717, 1.165) is 5.69 Å². The van der Waals surface area contributed by atoms with E-state index in [1.165, 1.54) is 23.6 Å². The minimum Gasteiger partial charge on any atom is -0.384 e. The van der Waals surface area contributed by atoms with Gasteiger partial charge in [0.15, 0.2) is 5.13 Å². The van der Waals surface area contributed by atoms with Gasteiger partial charge < -0.3 is 15.1 Å². The highest BCUT2D eigenvalue weighted by Crippen LogP contribution is 2.35. The molecular weight excluding hydrogens is 465 g/mol. The standard InChI is InChI=1S/C22H22FN5O3S2/c23-18-2-1-3-19-20(18)17(14-25-19)21(29)28-11-9-27(10-12-28)15-4-6-16(7-5-15)33(30,31)26-22-24-8-13-32-22/h1-8,13,17,25H,9-12,14H2,(H,24,26). The first-order chi connectivity index (χ1) is 15.9. The van der Waals surface area contributed by atoms with Gasteiger partial charge in [-0.15, -0.1) is 11.3 Å². The van der Waals surface area contributed by atoms with Crippen LogP contribution in [0.15, 0.2) is 58.9 Å². The Bertz CT molecular complexity index is 1260. The van der Waals surface area contributed by atoms with Crippen LogP contribution in [-0.2, 0) is 14.8 Å². The second kappa shape index (κ2) is 8.64. The van der Waals surface area contributed by atoms with Crippen molar-refractivity contribution in [2.24, 2.45) is 0 Å². The van der Waals surface area contributed by atoms with Crippen molar-refractivity contribution >= 4 is 43.8 Å². The van der Waals surface area contributed by atoms with Gasteiger partial charge in [-0.05, 0) is 36.4 Å². The van der Waals surface area contributed by atoms with Gasteiger partial charge in [-0.2, -0.15) is 0 Å². The fourth-order valence-corrected chi connectivity index (χ4v) is 6.05. The first-order valence-electron chi connectivity index (χ1n) is 10.5. The third-order valence-electron chi connectivity index (χ3n) is 5.95. The third-order valence-corrected chi connectivity index (χ3v) is 8.13. The average molecular weight is 488 g/mol. The molecule has 0 radical (unpaired) electrons. The number of thiazole rings is 1. The number of hydrogen-bond acceptors (Lipinski definition) is 7. The molecule has 8 nitrogen and oxygen atoms in total. The quantitative estimate of drug-likeness (QED) is 0.575. The van der Waals surface area contributed by atoms with Crippen LogP contribution in [0.4, 0.5) is 20.9 Å². The van der Waals surface area contributed by atoms with Crippen LogP contribution in [0.3, 0.4) is 0 Å². The molecule has 3 heterocycles. The van der Waals surface area contributed by atoms with E-state index in [0.29, 0.717) is 49.1 Å². The van der Waals surface area contributed by atoms with Gasteiger partial charge in [-0.1, -0.05) is 6.07 Å². The third kappa shape index (κ3) is 4.25. The van der Waals surface area contributed by atoms with Gasteiger partial charge in [-0.3, -0.25) is 9.52 Å². The maximum atomic E-state index is 14.3.